The van der Waals surface area contributed by atoms with Crippen LogP contribution in [0.5, 0.6) is 0 Å². The van der Waals surface area contributed by atoms with E-state index in [1.807, 2.05) is 72.8 Å². The van der Waals surface area contributed by atoms with Gasteiger partial charge in [-0.3, -0.25) is 9.36 Å². The van der Waals surface area contributed by atoms with E-state index < -0.39 is 0 Å². The molecule has 0 saturated carbocycles. The predicted octanol–water partition coefficient (Wildman–Crippen LogP) is 2.60. The Kier molecular flexibility index (Phi) is 4.52. The highest BCUT2D eigenvalue weighted by atomic mass is 16.5. The first kappa shape index (κ1) is 17.7. The Balaban J connectivity index is 1.53. The highest BCUT2D eigenvalue weighted by Crippen LogP contribution is 2.25. The molecule has 28 heavy (non-hydrogen) atoms. The number of fused-ring (bicyclic) bond motifs is 1. The van der Waals surface area contributed by atoms with Gasteiger partial charge in [0.25, 0.3) is 5.91 Å². The number of aromatic nitrogens is 4. The van der Waals surface area contributed by atoms with Crippen molar-refractivity contribution < 1.29 is 13.9 Å². The molecular formula is C20H21N6O2+. The molecule has 8 nitrogen and oxygen atoms in total. The number of benzene rings is 1. The molecule has 3 heterocycles. The van der Waals surface area contributed by atoms with E-state index in [-0.39, 0.29) is 12.5 Å². The van der Waals surface area contributed by atoms with E-state index in [0.717, 1.165) is 33.9 Å². The van der Waals surface area contributed by atoms with Crippen LogP contribution in [0.15, 0.2) is 53.6 Å². The summed E-state index contributed by atoms with van der Waals surface area (Å²) in [5, 5.41) is 9.97. The molecule has 4 aromatic rings. The van der Waals surface area contributed by atoms with E-state index in [1.165, 1.54) is 0 Å². The third kappa shape index (κ3) is 3.32. The van der Waals surface area contributed by atoms with Crippen LogP contribution in [-0.4, -0.2) is 27.7 Å². The number of imidazole rings is 1. The van der Waals surface area contributed by atoms with Gasteiger partial charge in [-0.05, 0) is 32.0 Å². The van der Waals surface area contributed by atoms with Crippen LogP contribution in [0.3, 0.4) is 0 Å². The highest BCUT2D eigenvalue weighted by Gasteiger charge is 2.15. The van der Waals surface area contributed by atoms with Crippen LogP contribution >= 0.6 is 0 Å². The second-order valence-corrected chi connectivity index (χ2v) is 6.55. The number of anilines is 2. The fourth-order valence-corrected chi connectivity index (χ4v) is 3.19. The van der Waals surface area contributed by atoms with Crippen LogP contribution in [0, 0.1) is 13.8 Å². The normalized spacial score (nSPS) is 11.0. The van der Waals surface area contributed by atoms with Gasteiger partial charge in [-0.15, -0.1) is 0 Å². The summed E-state index contributed by atoms with van der Waals surface area (Å²) >= 11 is 0. The standard InChI is InChI=1S/C20H20N6O2/c1-13-20(14(2)28-24-13)26-12-22-17-10-16(4-5-18(17)26)23-19(27)11-25-8-6-15(21-3)7-9-25/h4-10,12H,11H2,1-3H3,(H,23,27)/p+1. The van der Waals surface area contributed by atoms with E-state index >= 15 is 0 Å². The summed E-state index contributed by atoms with van der Waals surface area (Å²) in [6.07, 6.45) is 5.46. The average Bonchev–Trinajstić information content (AvgIpc) is 3.24. The minimum atomic E-state index is -0.105. The lowest BCUT2D eigenvalue weighted by Crippen LogP contribution is -2.39. The average molecular weight is 377 g/mol. The molecule has 142 valence electrons. The molecule has 0 aliphatic carbocycles. The molecular weight excluding hydrogens is 356 g/mol. The zero-order valence-electron chi connectivity index (χ0n) is 15.9. The molecule has 0 aliphatic heterocycles. The predicted molar refractivity (Wildman–Crippen MR) is 105 cm³/mol. The minimum Gasteiger partial charge on any atom is -0.388 e. The van der Waals surface area contributed by atoms with Gasteiger partial charge < -0.3 is 15.2 Å². The van der Waals surface area contributed by atoms with Crippen molar-refractivity contribution in [3.8, 4) is 5.69 Å². The number of hydrogen-bond donors (Lipinski definition) is 2. The number of hydrogen-bond acceptors (Lipinski definition) is 5. The van der Waals surface area contributed by atoms with Gasteiger partial charge in [-0.2, -0.15) is 4.57 Å². The van der Waals surface area contributed by atoms with Crippen LogP contribution in [0.1, 0.15) is 11.5 Å². The molecule has 0 atom stereocenters. The van der Waals surface area contributed by atoms with Crippen molar-refractivity contribution in [2.45, 2.75) is 20.4 Å². The molecule has 0 aliphatic rings. The zero-order chi connectivity index (χ0) is 19.7. The zero-order valence-corrected chi connectivity index (χ0v) is 15.9. The Bertz CT molecular complexity index is 1120. The number of carbonyl (C=O) groups excluding carboxylic acids is 1. The number of nitrogens with one attached hydrogen (secondary N) is 2. The van der Waals surface area contributed by atoms with Crippen LogP contribution < -0.4 is 15.2 Å². The molecule has 4 rings (SSSR count). The summed E-state index contributed by atoms with van der Waals surface area (Å²) < 4.78 is 9.02. The summed E-state index contributed by atoms with van der Waals surface area (Å²) in [4.78, 5) is 16.8. The number of nitrogens with zero attached hydrogens (tertiary/aromatic N) is 4. The van der Waals surface area contributed by atoms with Gasteiger partial charge in [0.2, 0.25) is 6.54 Å². The van der Waals surface area contributed by atoms with Gasteiger partial charge >= 0.3 is 0 Å². The fraction of sp³-hybridized carbons (Fsp3) is 0.200. The largest absolute Gasteiger partial charge is 0.388 e. The van der Waals surface area contributed by atoms with E-state index in [4.69, 9.17) is 4.52 Å². The number of rotatable bonds is 5. The molecule has 0 bridgehead atoms. The quantitative estimate of drug-likeness (QED) is 0.522. The van der Waals surface area contributed by atoms with Gasteiger partial charge in [0, 0.05) is 30.6 Å². The summed E-state index contributed by atoms with van der Waals surface area (Å²) in [6, 6.07) is 9.49. The number of amides is 1. The topological polar surface area (TPSA) is 88.9 Å². The molecule has 0 fully saturated rings. The Morgan fingerprint density at radius 2 is 1.96 bits per heavy atom. The van der Waals surface area contributed by atoms with Crippen molar-refractivity contribution in [3.63, 3.8) is 0 Å². The molecule has 0 unspecified atom stereocenters. The van der Waals surface area contributed by atoms with Gasteiger partial charge in [0.15, 0.2) is 18.2 Å². The van der Waals surface area contributed by atoms with Gasteiger partial charge in [-0.25, -0.2) is 4.98 Å². The second-order valence-electron chi connectivity index (χ2n) is 6.55. The lowest BCUT2D eigenvalue weighted by Gasteiger charge is -2.06. The summed E-state index contributed by atoms with van der Waals surface area (Å²) in [5.74, 6) is 0.627. The van der Waals surface area contributed by atoms with Gasteiger partial charge in [0.05, 0.1) is 11.0 Å². The van der Waals surface area contributed by atoms with E-state index in [0.29, 0.717) is 5.69 Å². The van der Waals surface area contributed by atoms with Crippen LogP contribution in [-0.2, 0) is 11.3 Å². The highest BCUT2D eigenvalue weighted by molar-refractivity contribution is 5.92. The van der Waals surface area contributed by atoms with E-state index in [1.54, 1.807) is 6.33 Å². The van der Waals surface area contributed by atoms with Crippen molar-refractivity contribution in [2.24, 2.45) is 0 Å². The van der Waals surface area contributed by atoms with Crippen LogP contribution in [0.2, 0.25) is 0 Å². The Morgan fingerprint density at radius 3 is 2.64 bits per heavy atom. The third-order valence-corrected chi connectivity index (χ3v) is 4.57. The summed E-state index contributed by atoms with van der Waals surface area (Å²) in [6.45, 7) is 4.00. The van der Waals surface area contributed by atoms with Crippen LogP contribution in [0.4, 0.5) is 11.4 Å². The van der Waals surface area contributed by atoms with Crippen molar-refractivity contribution in [2.75, 3.05) is 17.7 Å². The Morgan fingerprint density at radius 1 is 1.18 bits per heavy atom. The van der Waals surface area contributed by atoms with Gasteiger partial charge in [-0.1, -0.05) is 5.16 Å². The first-order valence-electron chi connectivity index (χ1n) is 8.92. The number of pyridine rings is 1. The molecule has 1 amide bonds. The fourth-order valence-electron chi connectivity index (χ4n) is 3.19. The molecule has 8 heteroatoms. The maximum atomic E-state index is 12.4. The molecule has 0 saturated heterocycles. The Hall–Kier alpha value is -3.68. The minimum absolute atomic E-state index is 0.105. The third-order valence-electron chi connectivity index (χ3n) is 4.57. The number of carbonyl (C=O) groups is 1. The van der Waals surface area contributed by atoms with Crippen molar-refractivity contribution in [1.29, 1.82) is 0 Å². The molecule has 2 N–H and O–H groups in total. The Labute approximate surface area is 161 Å². The van der Waals surface area contributed by atoms with Crippen molar-refractivity contribution in [3.05, 3.63) is 60.5 Å². The maximum Gasteiger partial charge on any atom is 0.290 e. The van der Waals surface area contributed by atoms with Gasteiger partial charge in [0.1, 0.15) is 17.7 Å². The first-order valence-corrected chi connectivity index (χ1v) is 8.92. The number of aryl methyl sites for hydroxylation is 2. The lowest BCUT2D eigenvalue weighted by molar-refractivity contribution is -0.684. The first-order chi connectivity index (χ1) is 13.5. The maximum absolute atomic E-state index is 12.4. The summed E-state index contributed by atoms with van der Waals surface area (Å²) in [7, 11) is 1.86. The monoisotopic (exact) mass is 377 g/mol. The van der Waals surface area contributed by atoms with E-state index in [9.17, 15) is 4.79 Å². The molecule has 3 aromatic heterocycles. The molecule has 0 spiro atoms. The molecule has 1 aromatic carbocycles. The van der Waals surface area contributed by atoms with E-state index in [2.05, 4.69) is 20.8 Å². The smallest absolute Gasteiger partial charge is 0.290 e. The van der Waals surface area contributed by atoms with Crippen molar-refractivity contribution in [1.82, 2.24) is 14.7 Å². The van der Waals surface area contributed by atoms with Crippen molar-refractivity contribution >= 4 is 28.3 Å². The molecule has 0 radical (unpaired) electrons. The SMILES string of the molecule is CNc1cc[n+](CC(=O)Nc2ccc3c(c2)ncn3-c2c(C)noc2C)cc1. The summed E-state index contributed by atoms with van der Waals surface area (Å²) in [5.41, 5.74) is 5.09. The lowest BCUT2D eigenvalue weighted by atomic mass is 10.2. The second kappa shape index (κ2) is 7.15. The van der Waals surface area contributed by atoms with Crippen LogP contribution in [0.25, 0.3) is 16.7 Å².